The number of hydrogen-bond acceptors (Lipinski definition) is 4. The molecular weight excluding hydrogens is 370 g/mol. The lowest BCUT2D eigenvalue weighted by atomic mass is 10.1. The highest BCUT2D eigenvalue weighted by Crippen LogP contribution is 2.25. The van der Waals surface area contributed by atoms with Crippen molar-refractivity contribution in [3.8, 4) is 5.69 Å². The largest absolute Gasteiger partial charge is 0.348 e. The number of hydrogen-bond donors (Lipinski definition) is 2. The number of amides is 4. The van der Waals surface area contributed by atoms with Crippen molar-refractivity contribution in [3.05, 3.63) is 59.9 Å². The van der Waals surface area contributed by atoms with Gasteiger partial charge < -0.3 is 10.6 Å². The molecule has 1 aliphatic rings. The van der Waals surface area contributed by atoms with E-state index >= 15 is 0 Å². The lowest BCUT2D eigenvalue weighted by Gasteiger charge is -2.17. The summed E-state index contributed by atoms with van der Waals surface area (Å²) in [5.74, 6) is -0.807. The average Bonchev–Trinajstić information content (AvgIpc) is 3.24. The number of urea groups is 1. The second-order valence-electron chi connectivity index (χ2n) is 7.02. The molecule has 1 aliphatic heterocycles. The Labute approximate surface area is 167 Å². The molecule has 148 valence electrons. The van der Waals surface area contributed by atoms with Gasteiger partial charge in [0.15, 0.2) is 0 Å². The van der Waals surface area contributed by atoms with Crippen LogP contribution >= 0.6 is 0 Å². The van der Waals surface area contributed by atoms with Gasteiger partial charge in [-0.1, -0.05) is 36.4 Å². The van der Waals surface area contributed by atoms with E-state index < -0.39 is 17.8 Å². The van der Waals surface area contributed by atoms with Gasteiger partial charge in [0.2, 0.25) is 5.91 Å². The van der Waals surface area contributed by atoms with Crippen molar-refractivity contribution in [3.63, 3.8) is 0 Å². The van der Waals surface area contributed by atoms with Crippen molar-refractivity contribution in [2.24, 2.45) is 0 Å². The number of rotatable bonds is 5. The van der Waals surface area contributed by atoms with Crippen LogP contribution in [0.3, 0.4) is 0 Å². The zero-order valence-electron chi connectivity index (χ0n) is 16.2. The molecule has 1 saturated heterocycles. The van der Waals surface area contributed by atoms with Gasteiger partial charge >= 0.3 is 6.03 Å². The predicted molar refractivity (Wildman–Crippen MR) is 107 cm³/mol. The van der Waals surface area contributed by atoms with E-state index in [4.69, 9.17) is 0 Å². The molecule has 8 heteroatoms. The van der Waals surface area contributed by atoms with Crippen molar-refractivity contribution in [1.29, 1.82) is 0 Å². The number of carbonyl (C=O) groups excluding carboxylic acids is 3. The van der Waals surface area contributed by atoms with E-state index in [-0.39, 0.29) is 19.1 Å². The maximum absolute atomic E-state index is 12.3. The van der Waals surface area contributed by atoms with Crippen LogP contribution in [0.4, 0.5) is 4.79 Å². The molecule has 4 rings (SSSR count). The van der Waals surface area contributed by atoms with Gasteiger partial charge in [0.05, 0.1) is 24.5 Å². The normalized spacial score (nSPS) is 14.9. The molecule has 29 heavy (non-hydrogen) atoms. The van der Waals surface area contributed by atoms with Crippen LogP contribution in [0.5, 0.6) is 0 Å². The summed E-state index contributed by atoms with van der Waals surface area (Å²) in [5, 5.41) is 12.0. The number of nitrogens with one attached hydrogen (secondary N) is 2. The average molecular weight is 391 g/mol. The van der Waals surface area contributed by atoms with E-state index in [1.54, 1.807) is 6.20 Å². The van der Waals surface area contributed by atoms with Crippen LogP contribution in [-0.4, -0.2) is 45.6 Å². The number of fused-ring (bicyclic) bond motifs is 1. The van der Waals surface area contributed by atoms with Gasteiger partial charge in [0.25, 0.3) is 5.91 Å². The fraction of sp³-hybridized carbons (Fsp3) is 0.238. The van der Waals surface area contributed by atoms with Crippen molar-refractivity contribution < 1.29 is 14.4 Å². The molecule has 0 aliphatic carbocycles. The third-order valence-electron chi connectivity index (χ3n) is 5.13. The molecule has 0 radical (unpaired) electrons. The Morgan fingerprint density at radius 1 is 1.21 bits per heavy atom. The van der Waals surface area contributed by atoms with Crippen LogP contribution in [0, 0.1) is 6.92 Å². The van der Waals surface area contributed by atoms with Crippen molar-refractivity contribution in [1.82, 2.24) is 25.3 Å². The SMILES string of the molecule is Cc1c([C@@H](C)NC(=O)CN2C(=O)CNC2=O)cnn1-c1cccc2ccccc12. The summed E-state index contributed by atoms with van der Waals surface area (Å²) < 4.78 is 1.86. The summed E-state index contributed by atoms with van der Waals surface area (Å²) in [6.07, 6.45) is 1.73. The van der Waals surface area contributed by atoms with E-state index in [2.05, 4.69) is 33.9 Å². The molecule has 8 nitrogen and oxygen atoms in total. The number of imide groups is 1. The maximum atomic E-state index is 12.3. The summed E-state index contributed by atoms with van der Waals surface area (Å²) in [5.41, 5.74) is 2.73. The first-order chi connectivity index (χ1) is 14.0. The molecule has 4 amide bonds. The smallest absolute Gasteiger partial charge is 0.325 e. The minimum Gasteiger partial charge on any atom is -0.348 e. The highest BCUT2D eigenvalue weighted by molar-refractivity contribution is 6.04. The van der Waals surface area contributed by atoms with Gasteiger partial charge in [-0.3, -0.25) is 14.5 Å². The lowest BCUT2D eigenvalue weighted by molar-refractivity contribution is -0.130. The van der Waals surface area contributed by atoms with Crippen molar-refractivity contribution in [2.45, 2.75) is 19.9 Å². The monoisotopic (exact) mass is 391 g/mol. The summed E-state index contributed by atoms with van der Waals surface area (Å²) >= 11 is 0. The van der Waals surface area contributed by atoms with Gasteiger partial charge in [-0.15, -0.1) is 0 Å². The summed E-state index contributed by atoms with van der Waals surface area (Å²) in [7, 11) is 0. The molecule has 1 atom stereocenters. The van der Waals surface area contributed by atoms with Crippen LogP contribution in [0.15, 0.2) is 48.7 Å². The minimum atomic E-state index is -0.544. The molecule has 0 bridgehead atoms. The maximum Gasteiger partial charge on any atom is 0.325 e. The summed E-state index contributed by atoms with van der Waals surface area (Å²) in [6, 6.07) is 13.3. The van der Waals surface area contributed by atoms with E-state index in [0.29, 0.717) is 0 Å². The number of carbonyl (C=O) groups is 3. The quantitative estimate of drug-likeness (QED) is 0.651. The summed E-state index contributed by atoms with van der Waals surface area (Å²) in [4.78, 5) is 36.5. The van der Waals surface area contributed by atoms with Crippen LogP contribution in [0.2, 0.25) is 0 Å². The topological polar surface area (TPSA) is 96.3 Å². The Balaban J connectivity index is 1.54. The molecule has 0 spiro atoms. The van der Waals surface area contributed by atoms with Gasteiger partial charge in [-0.05, 0) is 25.3 Å². The highest BCUT2D eigenvalue weighted by Gasteiger charge is 2.30. The fourth-order valence-corrected chi connectivity index (χ4v) is 3.61. The molecule has 1 aromatic heterocycles. The van der Waals surface area contributed by atoms with Crippen molar-refractivity contribution >= 4 is 28.6 Å². The van der Waals surface area contributed by atoms with Gasteiger partial charge in [0.1, 0.15) is 6.54 Å². The van der Waals surface area contributed by atoms with Gasteiger partial charge in [-0.2, -0.15) is 5.10 Å². The van der Waals surface area contributed by atoms with E-state index in [9.17, 15) is 14.4 Å². The zero-order valence-corrected chi connectivity index (χ0v) is 16.2. The fourth-order valence-electron chi connectivity index (χ4n) is 3.61. The number of benzene rings is 2. The van der Waals surface area contributed by atoms with Crippen LogP contribution < -0.4 is 10.6 Å². The van der Waals surface area contributed by atoms with E-state index in [1.807, 2.05) is 42.8 Å². The second kappa shape index (κ2) is 7.38. The third kappa shape index (κ3) is 3.44. The van der Waals surface area contributed by atoms with E-state index in [0.717, 1.165) is 32.6 Å². The minimum absolute atomic E-state index is 0.0709. The van der Waals surface area contributed by atoms with E-state index in [1.165, 1.54) is 0 Å². The Morgan fingerprint density at radius 2 is 1.97 bits per heavy atom. The van der Waals surface area contributed by atoms with Crippen LogP contribution in [-0.2, 0) is 9.59 Å². The Kier molecular flexibility index (Phi) is 4.75. The Morgan fingerprint density at radius 3 is 2.72 bits per heavy atom. The molecule has 1 fully saturated rings. The molecule has 2 N–H and O–H groups in total. The predicted octanol–water partition coefficient (Wildman–Crippen LogP) is 2.06. The van der Waals surface area contributed by atoms with Crippen molar-refractivity contribution in [2.75, 3.05) is 13.1 Å². The van der Waals surface area contributed by atoms with Crippen LogP contribution in [0.25, 0.3) is 16.5 Å². The third-order valence-corrected chi connectivity index (χ3v) is 5.13. The molecule has 2 heterocycles. The summed E-state index contributed by atoms with van der Waals surface area (Å²) in [6.45, 7) is 3.43. The Bertz CT molecular complexity index is 1100. The van der Waals surface area contributed by atoms with Gasteiger partial charge in [-0.25, -0.2) is 9.48 Å². The van der Waals surface area contributed by atoms with Gasteiger partial charge in [0, 0.05) is 16.6 Å². The molecular formula is C21H21N5O3. The molecule has 0 unspecified atom stereocenters. The first-order valence-electron chi connectivity index (χ1n) is 9.36. The molecule has 2 aromatic carbocycles. The standard InChI is InChI=1S/C21H21N5O3/c1-13(24-19(27)12-25-20(28)11-22-21(25)29)17-10-23-26(14(17)2)18-9-5-7-15-6-3-4-8-16(15)18/h3-10,13H,11-12H2,1-2H3,(H,22,29)(H,24,27)/t13-/m1/s1. The first-order valence-corrected chi connectivity index (χ1v) is 9.36. The lowest BCUT2D eigenvalue weighted by Crippen LogP contribution is -2.41. The Hall–Kier alpha value is -3.68. The highest BCUT2D eigenvalue weighted by atomic mass is 16.2. The second-order valence-corrected chi connectivity index (χ2v) is 7.02. The zero-order chi connectivity index (χ0) is 20.5. The first kappa shape index (κ1) is 18.7. The number of nitrogens with zero attached hydrogens (tertiary/aromatic N) is 3. The van der Waals surface area contributed by atoms with Crippen LogP contribution in [0.1, 0.15) is 24.2 Å². The molecule has 3 aromatic rings. The number of aromatic nitrogens is 2. The molecule has 0 saturated carbocycles.